The Balaban J connectivity index is 1.49. The van der Waals surface area contributed by atoms with Crippen molar-refractivity contribution in [2.45, 2.75) is 56.2 Å². The van der Waals surface area contributed by atoms with E-state index in [-0.39, 0.29) is 41.4 Å². The number of fused-ring (bicyclic) bond motifs is 1. The molecule has 0 aromatic heterocycles. The van der Waals surface area contributed by atoms with Crippen LogP contribution in [0.5, 0.6) is 11.5 Å². The van der Waals surface area contributed by atoms with E-state index in [4.69, 9.17) is 9.47 Å². The van der Waals surface area contributed by atoms with E-state index < -0.39 is 28.7 Å². The van der Waals surface area contributed by atoms with Crippen LogP contribution in [0.1, 0.15) is 34.1 Å². The lowest BCUT2D eigenvalue weighted by Crippen LogP contribution is -2.57. The van der Waals surface area contributed by atoms with Crippen LogP contribution in [0.2, 0.25) is 0 Å². The van der Waals surface area contributed by atoms with E-state index in [0.717, 1.165) is 6.42 Å². The van der Waals surface area contributed by atoms with Crippen molar-refractivity contribution in [2.75, 3.05) is 31.0 Å². The van der Waals surface area contributed by atoms with E-state index in [9.17, 15) is 19.5 Å². The summed E-state index contributed by atoms with van der Waals surface area (Å²) in [4.78, 5) is 43.9. The molecule has 2 aromatic rings. The number of nitrogens with zero attached hydrogens (tertiary/aromatic N) is 1. The number of methoxy groups -OCH3 is 1. The van der Waals surface area contributed by atoms with Gasteiger partial charge >= 0.3 is 0 Å². The number of amides is 3. The highest BCUT2D eigenvalue weighted by atomic mass is 32.2. The third-order valence-corrected chi connectivity index (χ3v) is 10.9. The van der Waals surface area contributed by atoms with Gasteiger partial charge in [0.25, 0.3) is 0 Å². The summed E-state index contributed by atoms with van der Waals surface area (Å²) in [6, 6.07) is 12.8. The molecule has 3 aliphatic rings. The van der Waals surface area contributed by atoms with Gasteiger partial charge in [0.1, 0.15) is 17.5 Å². The molecule has 41 heavy (non-hydrogen) atoms. The molecule has 10 heteroatoms. The third-order valence-electron chi connectivity index (χ3n) is 8.84. The Bertz CT molecular complexity index is 1290. The molecule has 3 saturated heterocycles. The number of ether oxygens (including phenoxy) is 2. The fraction of sp³-hybridized carbons (Fsp3) is 0.516. The second-order valence-corrected chi connectivity index (χ2v) is 13.0. The van der Waals surface area contributed by atoms with Gasteiger partial charge in [-0.1, -0.05) is 20.8 Å². The number of aliphatic hydroxyl groups is 1. The molecule has 3 unspecified atom stereocenters. The SMILES string of the molecule is CCOc1ccc(NC(=O)[C@@H]2[C@H]3C(=O)N([C@@H](CO)C(C)C)C(C(=O)Nc4ccc(OC)cc4)C34S[C@@H]2CC4C)cc1. The number of carbonyl (C=O) groups excluding carboxylic acids is 3. The molecule has 2 aromatic carbocycles. The maximum atomic E-state index is 14.4. The lowest BCUT2D eigenvalue weighted by Gasteiger charge is -2.40. The van der Waals surface area contributed by atoms with Crippen LogP contribution in [0.25, 0.3) is 0 Å². The minimum atomic E-state index is -0.838. The molecule has 1 spiro atoms. The average Bonchev–Trinajstić information content (AvgIpc) is 3.54. The first-order valence-corrected chi connectivity index (χ1v) is 15.1. The van der Waals surface area contributed by atoms with Crippen LogP contribution >= 0.6 is 11.8 Å². The lowest BCUT2D eigenvalue weighted by molar-refractivity contribution is -0.142. The Morgan fingerprint density at radius 1 is 1.05 bits per heavy atom. The Hall–Kier alpha value is -3.24. The van der Waals surface area contributed by atoms with Crippen molar-refractivity contribution in [1.29, 1.82) is 0 Å². The van der Waals surface area contributed by atoms with Gasteiger partial charge in [-0.3, -0.25) is 14.4 Å². The highest BCUT2D eigenvalue weighted by molar-refractivity contribution is 8.02. The van der Waals surface area contributed by atoms with Crippen molar-refractivity contribution < 1.29 is 29.0 Å². The summed E-state index contributed by atoms with van der Waals surface area (Å²) in [6.07, 6.45) is 0.724. The van der Waals surface area contributed by atoms with Crippen molar-refractivity contribution >= 4 is 40.9 Å². The van der Waals surface area contributed by atoms with Crippen molar-refractivity contribution in [2.24, 2.45) is 23.7 Å². The first kappa shape index (κ1) is 29.3. The predicted octanol–water partition coefficient (Wildman–Crippen LogP) is 4.03. The number of thioether (sulfide) groups is 1. The molecule has 3 amide bonds. The molecule has 3 aliphatic heterocycles. The van der Waals surface area contributed by atoms with Crippen molar-refractivity contribution in [1.82, 2.24) is 4.90 Å². The summed E-state index contributed by atoms with van der Waals surface area (Å²) in [5, 5.41) is 16.4. The quantitative estimate of drug-likeness (QED) is 0.388. The summed E-state index contributed by atoms with van der Waals surface area (Å²) in [5.41, 5.74) is 1.21. The molecule has 0 radical (unpaired) electrons. The Kier molecular flexibility index (Phi) is 8.25. The van der Waals surface area contributed by atoms with E-state index >= 15 is 0 Å². The molecule has 220 valence electrons. The van der Waals surface area contributed by atoms with Crippen LogP contribution in [0.4, 0.5) is 11.4 Å². The summed E-state index contributed by atoms with van der Waals surface area (Å²) in [7, 11) is 1.58. The second-order valence-electron chi connectivity index (χ2n) is 11.5. The molecule has 0 aliphatic carbocycles. The van der Waals surface area contributed by atoms with E-state index in [1.165, 1.54) is 0 Å². The average molecular weight is 582 g/mol. The zero-order chi connectivity index (χ0) is 29.5. The molecule has 2 bridgehead atoms. The topological polar surface area (TPSA) is 117 Å². The number of anilines is 2. The predicted molar refractivity (Wildman–Crippen MR) is 159 cm³/mol. The van der Waals surface area contributed by atoms with Gasteiger partial charge in [0, 0.05) is 16.6 Å². The molecule has 3 heterocycles. The Labute approximate surface area is 245 Å². The maximum absolute atomic E-state index is 14.4. The number of aliphatic hydroxyl groups excluding tert-OH is 1. The van der Waals surface area contributed by atoms with Crippen LogP contribution in [0.15, 0.2) is 48.5 Å². The second kappa shape index (κ2) is 11.6. The normalized spacial score (nSPS) is 28.9. The first-order chi connectivity index (χ1) is 19.7. The monoisotopic (exact) mass is 581 g/mol. The summed E-state index contributed by atoms with van der Waals surface area (Å²) in [5.74, 6) is -0.734. The van der Waals surface area contributed by atoms with Gasteiger partial charge in [-0.15, -0.1) is 11.8 Å². The maximum Gasteiger partial charge on any atom is 0.248 e. The number of nitrogens with one attached hydrogen (secondary N) is 2. The number of likely N-dealkylation sites (tertiary alicyclic amines) is 1. The zero-order valence-electron chi connectivity index (χ0n) is 24.1. The van der Waals surface area contributed by atoms with Gasteiger partial charge < -0.3 is 30.1 Å². The van der Waals surface area contributed by atoms with Gasteiger partial charge in [-0.05, 0) is 73.7 Å². The minimum absolute atomic E-state index is 0.0177. The molecule has 7 atom stereocenters. The fourth-order valence-corrected chi connectivity index (χ4v) is 9.36. The van der Waals surface area contributed by atoms with Crippen molar-refractivity contribution in [3.8, 4) is 11.5 Å². The Morgan fingerprint density at radius 3 is 2.17 bits per heavy atom. The molecule has 3 fully saturated rings. The number of benzene rings is 2. The van der Waals surface area contributed by atoms with Crippen molar-refractivity contribution in [3.05, 3.63) is 48.5 Å². The van der Waals surface area contributed by atoms with E-state index in [2.05, 4.69) is 17.6 Å². The van der Waals surface area contributed by atoms with Crippen molar-refractivity contribution in [3.63, 3.8) is 0 Å². The number of rotatable bonds is 10. The zero-order valence-corrected chi connectivity index (χ0v) is 24.9. The molecular formula is C31H39N3O6S. The highest BCUT2D eigenvalue weighted by Gasteiger charge is 2.76. The van der Waals surface area contributed by atoms with Crippen LogP contribution in [-0.2, 0) is 14.4 Å². The number of hydrogen-bond donors (Lipinski definition) is 3. The lowest BCUT2D eigenvalue weighted by atomic mass is 9.66. The van der Waals surface area contributed by atoms with Gasteiger partial charge in [0.05, 0.1) is 42.9 Å². The van der Waals surface area contributed by atoms with Gasteiger partial charge in [-0.2, -0.15) is 0 Å². The summed E-state index contributed by atoms with van der Waals surface area (Å²) in [6.45, 7) is 8.13. The molecule has 5 rings (SSSR count). The van der Waals surface area contributed by atoms with Crippen LogP contribution in [0, 0.1) is 23.7 Å². The van der Waals surface area contributed by atoms with Gasteiger partial charge in [-0.25, -0.2) is 0 Å². The third kappa shape index (κ3) is 4.95. The molecular weight excluding hydrogens is 542 g/mol. The fourth-order valence-electron chi connectivity index (χ4n) is 6.95. The Morgan fingerprint density at radius 2 is 1.63 bits per heavy atom. The molecule has 3 N–H and O–H groups in total. The summed E-state index contributed by atoms with van der Waals surface area (Å²) >= 11 is 1.61. The smallest absolute Gasteiger partial charge is 0.248 e. The van der Waals surface area contributed by atoms with Gasteiger partial charge in [0.15, 0.2) is 0 Å². The van der Waals surface area contributed by atoms with E-state index in [1.54, 1.807) is 72.3 Å². The van der Waals surface area contributed by atoms with Crippen LogP contribution in [0.3, 0.4) is 0 Å². The summed E-state index contributed by atoms with van der Waals surface area (Å²) < 4.78 is 9.96. The largest absolute Gasteiger partial charge is 0.497 e. The number of hydrogen-bond acceptors (Lipinski definition) is 7. The first-order valence-electron chi connectivity index (χ1n) is 14.3. The molecule has 9 nitrogen and oxygen atoms in total. The molecule has 0 saturated carbocycles. The standard InChI is InChI=1S/C31H39N3O6S/c1-6-40-22-13-9-19(10-14-22)32-28(36)25-24-15-18(4)31(41-24)26(25)30(38)34(23(16-35)17(2)3)27(31)29(37)33-20-7-11-21(39-5)12-8-20/h7-14,17-18,23-27,35H,6,15-16H2,1-5H3,(H,32,36)(H,33,37)/t18?,23-,24+,25-,26-,27?,31?/m0/s1. The van der Waals surface area contributed by atoms with Gasteiger partial charge in [0.2, 0.25) is 17.7 Å². The van der Waals surface area contributed by atoms with Crippen LogP contribution < -0.4 is 20.1 Å². The van der Waals surface area contributed by atoms with E-state index in [1.807, 2.05) is 20.8 Å². The van der Waals surface area contributed by atoms with E-state index in [0.29, 0.717) is 29.5 Å². The van der Waals surface area contributed by atoms with Crippen LogP contribution in [-0.4, -0.2) is 70.1 Å². The highest BCUT2D eigenvalue weighted by Crippen LogP contribution is 2.69. The number of carbonyl (C=O) groups is 3. The minimum Gasteiger partial charge on any atom is -0.497 e.